The number of likely N-dealkylation sites (tertiary alicyclic amines) is 1. The largest absolute Gasteiger partial charge is 0.507 e. The van der Waals surface area contributed by atoms with Gasteiger partial charge in [0.05, 0.1) is 24.3 Å². The van der Waals surface area contributed by atoms with Gasteiger partial charge in [0.2, 0.25) is 0 Å². The predicted molar refractivity (Wildman–Crippen MR) is 122 cm³/mol. The Labute approximate surface area is 187 Å². The Morgan fingerprint density at radius 2 is 1.84 bits per heavy atom. The molecule has 1 fully saturated rings. The molecule has 3 rings (SSSR count). The summed E-state index contributed by atoms with van der Waals surface area (Å²) in [5.41, 5.74) is 2.16. The molecule has 1 aliphatic heterocycles. The van der Waals surface area contributed by atoms with E-state index in [1.807, 2.05) is 57.1 Å². The summed E-state index contributed by atoms with van der Waals surface area (Å²) in [6.45, 7) is 4.33. The summed E-state index contributed by atoms with van der Waals surface area (Å²) in [6, 6.07) is 13.4. The Balaban J connectivity index is 2.09. The highest BCUT2D eigenvalue weighted by atomic mass is 35.5. The Kier molecular flexibility index (Phi) is 7.03. The molecule has 0 aromatic heterocycles. The van der Waals surface area contributed by atoms with E-state index in [-0.39, 0.29) is 30.6 Å². The molecule has 1 N–H and O–H groups in total. The third kappa shape index (κ3) is 4.92. The first-order valence-electron chi connectivity index (χ1n) is 10.1. The Morgan fingerprint density at radius 3 is 2.42 bits per heavy atom. The maximum absolute atomic E-state index is 13.0. The molecule has 7 heteroatoms. The lowest BCUT2D eigenvalue weighted by Crippen LogP contribution is -2.33. The Bertz CT molecular complexity index is 999. The highest BCUT2D eigenvalue weighted by molar-refractivity contribution is 6.46. The van der Waals surface area contributed by atoms with Crippen LogP contribution in [0.1, 0.15) is 31.0 Å². The van der Waals surface area contributed by atoms with Gasteiger partial charge in [0.1, 0.15) is 5.76 Å². The molecule has 0 aliphatic carbocycles. The number of aliphatic hydroxyl groups is 1. The number of hydrogen-bond acceptors (Lipinski definition) is 5. The topological polar surface area (TPSA) is 70.1 Å². The quantitative estimate of drug-likeness (QED) is 0.394. The molecule has 1 amide bonds. The molecule has 1 heterocycles. The molecule has 0 spiro atoms. The number of carbonyl (C=O) groups excluding carboxylic acids is 2. The number of halogens is 1. The normalized spacial score (nSPS) is 18.1. The van der Waals surface area contributed by atoms with Crippen molar-refractivity contribution in [1.29, 1.82) is 0 Å². The van der Waals surface area contributed by atoms with E-state index in [4.69, 9.17) is 16.3 Å². The van der Waals surface area contributed by atoms with Gasteiger partial charge in [-0.15, -0.1) is 0 Å². The minimum atomic E-state index is -0.719. The van der Waals surface area contributed by atoms with E-state index in [2.05, 4.69) is 0 Å². The molecule has 0 saturated carbocycles. The van der Waals surface area contributed by atoms with Crippen molar-refractivity contribution >= 4 is 34.7 Å². The fraction of sp³-hybridized carbons (Fsp3) is 0.333. The lowest BCUT2D eigenvalue weighted by atomic mass is 9.95. The molecule has 1 saturated heterocycles. The van der Waals surface area contributed by atoms with Crippen molar-refractivity contribution in [2.75, 3.05) is 32.1 Å². The van der Waals surface area contributed by atoms with E-state index in [1.165, 1.54) is 4.90 Å². The molecule has 164 valence electrons. The van der Waals surface area contributed by atoms with E-state index < -0.39 is 17.7 Å². The van der Waals surface area contributed by atoms with Crippen molar-refractivity contribution in [2.24, 2.45) is 0 Å². The highest BCUT2D eigenvalue weighted by Crippen LogP contribution is 2.39. The van der Waals surface area contributed by atoms with Crippen LogP contribution >= 0.6 is 11.6 Å². The van der Waals surface area contributed by atoms with Crippen LogP contribution in [0.15, 0.2) is 54.1 Å². The number of amides is 1. The maximum Gasteiger partial charge on any atom is 0.295 e. The summed E-state index contributed by atoms with van der Waals surface area (Å²) < 4.78 is 5.61. The van der Waals surface area contributed by atoms with Crippen LogP contribution in [0.5, 0.6) is 0 Å². The summed E-state index contributed by atoms with van der Waals surface area (Å²) in [6.07, 6.45) is 0.00103. The van der Waals surface area contributed by atoms with Gasteiger partial charge < -0.3 is 19.6 Å². The Morgan fingerprint density at radius 1 is 1.16 bits per heavy atom. The van der Waals surface area contributed by atoms with Crippen molar-refractivity contribution < 1.29 is 19.4 Å². The SMILES string of the molecule is CC(C)OCCN1C(=O)C(=O)/C(=C(\O)c2cccc(Cl)c2)C1c1ccc(N(C)C)cc1. The monoisotopic (exact) mass is 442 g/mol. The van der Waals surface area contributed by atoms with Crippen LogP contribution < -0.4 is 4.90 Å². The number of aliphatic hydroxyl groups excluding tert-OH is 1. The first kappa shape index (κ1) is 22.8. The van der Waals surface area contributed by atoms with Crippen molar-refractivity contribution in [3.05, 3.63) is 70.3 Å². The molecule has 1 unspecified atom stereocenters. The minimum absolute atomic E-state index is 0.00103. The summed E-state index contributed by atoms with van der Waals surface area (Å²) >= 11 is 6.07. The molecule has 2 aromatic carbocycles. The van der Waals surface area contributed by atoms with Crippen LogP contribution in [0.25, 0.3) is 5.76 Å². The molecule has 2 aromatic rings. The Hall–Kier alpha value is -2.83. The van der Waals surface area contributed by atoms with Crippen LogP contribution in [-0.4, -0.2) is 55.0 Å². The smallest absolute Gasteiger partial charge is 0.295 e. The molecule has 31 heavy (non-hydrogen) atoms. The fourth-order valence-electron chi connectivity index (χ4n) is 3.59. The summed E-state index contributed by atoms with van der Waals surface area (Å²) in [7, 11) is 3.87. The van der Waals surface area contributed by atoms with Crippen LogP contribution in [0.4, 0.5) is 5.69 Å². The minimum Gasteiger partial charge on any atom is -0.507 e. The van der Waals surface area contributed by atoms with E-state index in [0.717, 1.165) is 11.3 Å². The molecular weight excluding hydrogens is 416 g/mol. The van der Waals surface area contributed by atoms with Crippen molar-refractivity contribution in [1.82, 2.24) is 4.90 Å². The number of Topliss-reactive ketones (excluding diaryl/α,β-unsaturated/α-hetero) is 1. The second-order valence-corrected chi connectivity index (χ2v) is 8.34. The zero-order valence-electron chi connectivity index (χ0n) is 18.1. The van der Waals surface area contributed by atoms with Crippen LogP contribution in [0, 0.1) is 0 Å². The van der Waals surface area contributed by atoms with Crippen molar-refractivity contribution in [3.63, 3.8) is 0 Å². The lowest BCUT2D eigenvalue weighted by molar-refractivity contribution is -0.140. The van der Waals surface area contributed by atoms with Crippen molar-refractivity contribution in [2.45, 2.75) is 26.0 Å². The second kappa shape index (κ2) is 9.54. The van der Waals surface area contributed by atoms with Crippen LogP contribution in [0.2, 0.25) is 5.02 Å². The molecule has 0 bridgehead atoms. The molecule has 6 nitrogen and oxygen atoms in total. The van der Waals surface area contributed by atoms with Gasteiger partial charge in [0.15, 0.2) is 0 Å². The van der Waals surface area contributed by atoms with Gasteiger partial charge in [-0.2, -0.15) is 0 Å². The highest BCUT2D eigenvalue weighted by Gasteiger charge is 2.45. The zero-order valence-corrected chi connectivity index (χ0v) is 18.9. The average Bonchev–Trinajstić information content (AvgIpc) is 2.98. The first-order chi connectivity index (χ1) is 14.7. The van der Waals surface area contributed by atoms with E-state index in [1.54, 1.807) is 24.3 Å². The van der Waals surface area contributed by atoms with Gasteiger partial charge in [-0.1, -0.05) is 35.9 Å². The van der Waals surface area contributed by atoms with Gasteiger partial charge in [-0.3, -0.25) is 9.59 Å². The lowest BCUT2D eigenvalue weighted by Gasteiger charge is -2.26. The summed E-state index contributed by atoms with van der Waals surface area (Å²) in [4.78, 5) is 29.3. The van der Waals surface area contributed by atoms with Gasteiger partial charge in [-0.25, -0.2) is 0 Å². The van der Waals surface area contributed by atoms with Gasteiger partial charge in [0.25, 0.3) is 11.7 Å². The fourth-order valence-corrected chi connectivity index (χ4v) is 3.78. The molecule has 1 atom stereocenters. The number of anilines is 1. The first-order valence-corrected chi connectivity index (χ1v) is 10.5. The molecule has 0 radical (unpaired) electrons. The van der Waals surface area contributed by atoms with Gasteiger partial charge >= 0.3 is 0 Å². The predicted octanol–water partition coefficient (Wildman–Crippen LogP) is 4.25. The zero-order chi connectivity index (χ0) is 22.7. The third-order valence-corrected chi connectivity index (χ3v) is 5.38. The number of benzene rings is 2. The summed E-state index contributed by atoms with van der Waals surface area (Å²) in [5.74, 6) is -1.61. The second-order valence-electron chi connectivity index (χ2n) is 7.91. The standard InChI is InChI=1S/C24H27ClN2O4/c1-15(2)31-13-12-27-21(16-8-10-19(11-9-16)26(3)4)20(23(29)24(27)30)22(28)17-6-5-7-18(25)14-17/h5-11,14-15,21,28H,12-13H2,1-4H3/b22-20-. The molecular formula is C24H27ClN2O4. The van der Waals surface area contributed by atoms with Crippen LogP contribution in [-0.2, 0) is 14.3 Å². The third-order valence-electron chi connectivity index (χ3n) is 5.15. The van der Waals surface area contributed by atoms with E-state index >= 15 is 0 Å². The molecule has 1 aliphatic rings. The number of carbonyl (C=O) groups is 2. The van der Waals surface area contributed by atoms with Gasteiger partial charge in [0, 0.05) is 36.9 Å². The number of hydrogen-bond donors (Lipinski definition) is 1. The van der Waals surface area contributed by atoms with E-state index in [9.17, 15) is 14.7 Å². The maximum atomic E-state index is 13.0. The van der Waals surface area contributed by atoms with E-state index in [0.29, 0.717) is 10.6 Å². The van der Waals surface area contributed by atoms with Crippen molar-refractivity contribution in [3.8, 4) is 0 Å². The number of nitrogens with zero attached hydrogens (tertiary/aromatic N) is 2. The number of rotatable bonds is 7. The number of ketones is 1. The van der Waals surface area contributed by atoms with Crippen LogP contribution in [0.3, 0.4) is 0 Å². The average molecular weight is 443 g/mol. The number of ether oxygens (including phenoxy) is 1. The van der Waals surface area contributed by atoms with Gasteiger partial charge in [-0.05, 0) is 43.7 Å². The summed E-state index contributed by atoms with van der Waals surface area (Å²) in [5, 5.41) is 11.4.